The highest BCUT2D eigenvalue weighted by atomic mass is 16.2. The molecule has 0 saturated carbocycles. The van der Waals surface area contributed by atoms with Gasteiger partial charge >= 0.3 is 0 Å². The van der Waals surface area contributed by atoms with Crippen molar-refractivity contribution in [1.82, 2.24) is 4.98 Å². The molecule has 1 aliphatic rings. The van der Waals surface area contributed by atoms with E-state index in [1.54, 1.807) is 18.3 Å². The molecule has 0 atom stereocenters. The summed E-state index contributed by atoms with van der Waals surface area (Å²) in [6.45, 7) is 0.720. The molecule has 0 aliphatic carbocycles. The van der Waals surface area contributed by atoms with Crippen LogP contribution in [0.15, 0.2) is 42.6 Å². The Labute approximate surface area is 123 Å². The van der Waals surface area contributed by atoms with Gasteiger partial charge in [-0.25, -0.2) is 0 Å². The normalized spacial score (nSPS) is 14.2. The third-order valence-corrected chi connectivity index (χ3v) is 3.75. The Hall–Kier alpha value is -2.40. The fraction of sp³-hybridized carbons (Fsp3) is 0.250. The molecule has 21 heavy (non-hydrogen) atoms. The number of amides is 1. The van der Waals surface area contributed by atoms with Gasteiger partial charge in [0.1, 0.15) is 5.69 Å². The minimum absolute atomic E-state index is 0.0820. The molecule has 0 spiro atoms. The van der Waals surface area contributed by atoms with E-state index in [1.807, 2.05) is 23.1 Å². The van der Waals surface area contributed by atoms with Gasteiger partial charge in [-0.1, -0.05) is 18.2 Å². The molecule has 5 heteroatoms. The fourth-order valence-corrected chi connectivity index (χ4v) is 2.68. The van der Waals surface area contributed by atoms with Gasteiger partial charge in [-0.3, -0.25) is 15.6 Å². The summed E-state index contributed by atoms with van der Waals surface area (Å²) in [5, 5.41) is 0. The first-order chi connectivity index (χ1) is 10.3. The van der Waals surface area contributed by atoms with Crippen molar-refractivity contribution in [3.8, 4) is 0 Å². The fourth-order valence-electron chi connectivity index (χ4n) is 2.68. The van der Waals surface area contributed by atoms with E-state index in [0.717, 1.165) is 31.5 Å². The van der Waals surface area contributed by atoms with Crippen molar-refractivity contribution >= 4 is 17.3 Å². The van der Waals surface area contributed by atoms with Crippen LogP contribution >= 0.6 is 0 Å². The molecule has 1 amide bonds. The molecule has 0 bridgehead atoms. The molecule has 5 nitrogen and oxygen atoms in total. The topological polar surface area (TPSA) is 71.2 Å². The quantitative estimate of drug-likeness (QED) is 0.655. The molecular formula is C16H18N4O. The molecule has 1 aromatic carbocycles. The molecule has 0 radical (unpaired) electrons. The lowest BCUT2D eigenvalue weighted by Gasteiger charge is -2.22. The van der Waals surface area contributed by atoms with Crippen LogP contribution in [0.25, 0.3) is 0 Å². The van der Waals surface area contributed by atoms with E-state index >= 15 is 0 Å². The summed E-state index contributed by atoms with van der Waals surface area (Å²) in [6, 6.07) is 11.5. The highest BCUT2D eigenvalue weighted by Gasteiger charge is 2.23. The number of benzene rings is 1. The number of hydrogen-bond donors (Lipinski definition) is 2. The van der Waals surface area contributed by atoms with Crippen LogP contribution < -0.4 is 16.2 Å². The number of nitrogen functional groups attached to an aromatic ring is 1. The number of para-hydroxylation sites is 1. The average Bonchev–Trinajstić information content (AvgIpc) is 2.76. The Bertz CT molecular complexity index is 656. The van der Waals surface area contributed by atoms with Gasteiger partial charge in [-0.15, -0.1) is 0 Å². The first-order valence-electron chi connectivity index (χ1n) is 7.12. The zero-order valence-electron chi connectivity index (χ0n) is 11.7. The zero-order valence-corrected chi connectivity index (χ0v) is 11.7. The number of fused-ring (bicyclic) bond motifs is 1. The Morgan fingerprint density at radius 1 is 1.24 bits per heavy atom. The smallest absolute Gasteiger partial charge is 0.276 e. The van der Waals surface area contributed by atoms with Crippen LogP contribution in [0, 0.1) is 0 Å². The maximum absolute atomic E-state index is 12.8. The number of aryl methyl sites for hydroxylation is 1. The van der Waals surface area contributed by atoms with Gasteiger partial charge in [0.05, 0.1) is 5.69 Å². The number of hydrazine groups is 1. The summed E-state index contributed by atoms with van der Waals surface area (Å²) in [5.41, 5.74) is 5.84. The van der Waals surface area contributed by atoms with Gasteiger partial charge in [0, 0.05) is 18.4 Å². The summed E-state index contributed by atoms with van der Waals surface area (Å²) in [6.07, 6.45) is 4.69. The van der Waals surface area contributed by atoms with Crippen LogP contribution in [0.3, 0.4) is 0 Å². The summed E-state index contributed by atoms with van der Waals surface area (Å²) < 4.78 is 0. The lowest BCUT2D eigenvalue weighted by atomic mass is 10.1. The number of nitrogens with one attached hydrogen (secondary N) is 1. The van der Waals surface area contributed by atoms with E-state index in [2.05, 4.69) is 16.5 Å². The summed E-state index contributed by atoms with van der Waals surface area (Å²) in [4.78, 5) is 18.8. The summed E-state index contributed by atoms with van der Waals surface area (Å²) in [5.74, 6) is 5.31. The molecule has 108 valence electrons. The zero-order chi connectivity index (χ0) is 14.7. The van der Waals surface area contributed by atoms with Gasteiger partial charge in [0.25, 0.3) is 5.91 Å². The molecule has 2 aromatic rings. The third-order valence-electron chi connectivity index (χ3n) is 3.75. The van der Waals surface area contributed by atoms with E-state index in [4.69, 9.17) is 5.84 Å². The third kappa shape index (κ3) is 2.73. The molecule has 1 aromatic heterocycles. The molecule has 2 heterocycles. The predicted octanol–water partition coefficient (Wildman–Crippen LogP) is 2.35. The maximum atomic E-state index is 12.8. The molecule has 1 aliphatic heterocycles. The SMILES string of the molecule is NNc1ccnc(C(=O)N2CCCCc3ccccc32)c1. The lowest BCUT2D eigenvalue weighted by molar-refractivity contribution is 0.0982. The Morgan fingerprint density at radius 2 is 2.10 bits per heavy atom. The van der Waals surface area contributed by atoms with Gasteiger partial charge in [0.2, 0.25) is 0 Å². The number of carbonyl (C=O) groups excluding carboxylic acids is 1. The van der Waals surface area contributed by atoms with E-state index in [-0.39, 0.29) is 5.91 Å². The number of nitrogens with zero attached hydrogens (tertiary/aromatic N) is 2. The van der Waals surface area contributed by atoms with Crippen molar-refractivity contribution in [3.63, 3.8) is 0 Å². The van der Waals surface area contributed by atoms with Crippen LogP contribution in [0.4, 0.5) is 11.4 Å². The van der Waals surface area contributed by atoms with E-state index in [1.165, 1.54) is 5.56 Å². The molecule has 0 fully saturated rings. The second-order valence-electron chi connectivity index (χ2n) is 5.12. The molecular weight excluding hydrogens is 264 g/mol. The molecule has 3 rings (SSSR count). The molecule has 0 unspecified atom stereocenters. The Balaban J connectivity index is 1.97. The van der Waals surface area contributed by atoms with Crippen LogP contribution in [0.2, 0.25) is 0 Å². The number of pyridine rings is 1. The maximum Gasteiger partial charge on any atom is 0.276 e. The van der Waals surface area contributed by atoms with Crippen LogP contribution in [-0.4, -0.2) is 17.4 Å². The monoisotopic (exact) mass is 282 g/mol. The van der Waals surface area contributed by atoms with Crippen LogP contribution in [-0.2, 0) is 6.42 Å². The number of hydrogen-bond acceptors (Lipinski definition) is 4. The lowest BCUT2D eigenvalue weighted by Crippen LogP contribution is -2.32. The van der Waals surface area contributed by atoms with E-state index in [0.29, 0.717) is 11.4 Å². The van der Waals surface area contributed by atoms with Crippen molar-refractivity contribution in [2.45, 2.75) is 19.3 Å². The van der Waals surface area contributed by atoms with Crippen molar-refractivity contribution in [2.75, 3.05) is 16.9 Å². The van der Waals surface area contributed by atoms with Gasteiger partial charge in [-0.2, -0.15) is 0 Å². The van der Waals surface area contributed by atoms with E-state index < -0.39 is 0 Å². The largest absolute Gasteiger partial charge is 0.324 e. The number of rotatable bonds is 2. The number of nitrogens with two attached hydrogens (primary N) is 1. The van der Waals surface area contributed by atoms with Crippen LogP contribution in [0.1, 0.15) is 28.9 Å². The van der Waals surface area contributed by atoms with Gasteiger partial charge in [-0.05, 0) is 43.0 Å². The number of aromatic nitrogens is 1. The Kier molecular flexibility index (Phi) is 3.83. The minimum Gasteiger partial charge on any atom is -0.324 e. The first-order valence-corrected chi connectivity index (χ1v) is 7.12. The first kappa shape index (κ1) is 13.6. The average molecular weight is 282 g/mol. The van der Waals surface area contributed by atoms with Gasteiger partial charge < -0.3 is 10.3 Å². The van der Waals surface area contributed by atoms with Crippen LogP contribution in [0.5, 0.6) is 0 Å². The van der Waals surface area contributed by atoms with Crippen molar-refractivity contribution < 1.29 is 4.79 Å². The second kappa shape index (κ2) is 5.93. The Morgan fingerprint density at radius 3 is 2.95 bits per heavy atom. The highest BCUT2D eigenvalue weighted by Crippen LogP contribution is 2.27. The van der Waals surface area contributed by atoms with Crippen molar-refractivity contribution in [1.29, 1.82) is 0 Å². The predicted molar refractivity (Wildman–Crippen MR) is 83.1 cm³/mol. The number of carbonyl (C=O) groups is 1. The second-order valence-corrected chi connectivity index (χ2v) is 5.12. The van der Waals surface area contributed by atoms with Crippen molar-refractivity contribution in [2.24, 2.45) is 5.84 Å². The van der Waals surface area contributed by atoms with Crippen molar-refractivity contribution in [3.05, 3.63) is 53.9 Å². The number of anilines is 2. The van der Waals surface area contributed by atoms with E-state index in [9.17, 15) is 4.79 Å². The summed E-state index contributed by atoms with van der Waals surface area (Å²) in [7, 11) is 0. The molecule has 3 N–H and O–H groups in total. The van der Waals surface area contributed by atoms with Gasteiger partial charge in [0.15, 0.2) is 0 Å². The highest BCUT2D eigenvalue weighted by molar-refractivity contribution is 6.05. The standard InChI is InChI=1S/C16H18N4O/c17-19-13-8-9-18-14(11-13)16(21)20-10-4-3-6-12-5-1-2-7-15(12)20/h1-2,5,7-9,11H,3-4,6,10,17H2,(H,18,19). The minimum atomic E-state index is -0.0820. The molecule has 0 saturated heterocycles. The summed E-state index contributed by atoms with van der Waals surface area (Å²) >= 11 is 0.